The van der Waals surface area contributed by atoms with E-state index in [0.717, 1.165) is 30.6 Å². The second-order valence-electron chi connectivity index (χ2n) is 5.96. The Labute approximate surface area is 133 Å². The van der Waals surface area contributed by atoms with Crippen molar-refractivity contribution < 1.29 is 4.79 Å². The average Bonchev–Trinajstić information content (AvgIpc) is 3.16. The number of rotatable bonds is 4. The molecular formula is C18H18N2OS. The van der Waals surface area contributed by atoms with Crippen molar-refractivity contribution in [3.8, 4) is 0 Å². The maximum Gasteiger partial charge on any atom is 0.268 e. The normalized spacial score (nSPS) is 14.4. The van der Waals surface area contributed by atoms with Gasteiger partial charge in [-0.1, -0.05) is 30.3 Å². The molecule has 1 saturated carbocycles. The van der Waals surface area contributed by atoms with Crippen LogP contribution < -0.4 is 5.32 Å². The van der Waals surface area contributed by atoms with Gasteiger partial charge in [0.1, 0.15) is 5.69 Å². The zero-order valence-electron chi connectivity index (χ0n) is 12.5. The van der Waals surface area contributed by atoms with Crippen LogP contribution in [0, 0.1) is 6.92 Å². The van der Waals surface area contributed by atoms with E-state index in [9.17, 15) is 4.79 Å². The Morgan fingerprint density at radius 3 is 2.77 bits per heavy atom. The van der Waals surface area contributed by atoms with Gasteiger partial charge in [0.15, 0.2) is 0 Å². The van der Waals surface area contributed by atoms with Crippen molar-refractivity contribution in [1.29, 1.82) is 0 Å². The van der Waals surface area contributed by atoms with Crippen molar-refractivity contribution in [1.82, 2.24) is 9.88 Å². The van der Waals surface area contributed by atoms with Gasteiger partial charge in [-0.2, -0.15) is 0 Å². The third-order valence-electron chi connectivity index (χ3n) is 4.04. The van der Waals surface area contributed by atoms with Gasteiger partial charge in [-0.15, -0.1) is 11.3 Å². The molecule has 0 atom stereocenters. The molecule has 22 heavy (non-hydrogen) atoms. The number of fused-ring (bicyclic) bond motifs is 1. The van der Waals surface area contributed by atoms with Gasteiger partial charge >= 0.3 is 0 Å². The summed E-state index contributed by atoms with van der Waals surface area (Å²) in [4.78, 5) is 13.8. The van der Waals surface area contributed by atoms with Crippen LogP contribution in [0.4, 0.5) is 0 Å². The Balaban J connectivity index is 1.76. The lowest BCUT2D eigenvalue weighted by Gasteiger charge is -2.10. The molecule has 2 aromatic heterocycles. The zero-order chi connectivity index (χ0) is 15.1. The monoisotopic (exact) mass is 310 g/mol. The number of thiophene rings is 1. The molecule has 1 N–H and O–H groups in total. The summed E-state index contributed by atoms with van der Waals surface area (Å²) >= 11 is 1.75. The number of amides is 1. The highest BCUT2D eigenvalue weighted by Gasteiger charge is 2.26. The number of benzene rings is 1. The Morgan fingerprint density at radius 2 is 2.05 bits per heavy atom. The fourth-order valence-corrected chi connectivity index (χ4v) is 3.74. The molecule has 0 spiro atoms. The van der Waals surface area contributed by atoms with Crippen LogP contribution in [0.1, 0.15) is 33.8 Å². The van der Waals surface area contributed by atoms with Gasteiger partial charge in [0.05, 0.1) is 10.2 Å². The summed E-state index contributed by atoms with van der Waals surface area (Å²) in [7, 11) is 0. The minimum absolute atomic E-state index is 0.0551. The van der Waals surface area contributed by atoms with Gasteiger partial charge < -0.3 is 9.88 Å². The lowest BCUT2D eigenvalue weighted by Crippen LogP contribution is -2.27. The van der Waals surface area contributed by atoms with Crippen molar-refractivity contribution in [2.24, 2.45) is 0 Å². The quantitative estimate of drug-likeness (QED) is 0.778. The molecule has 112 valence electrons. The van der Waals surface area contributed by atoms with E-state index in [4.69, 9.17) is 0 Å². The molecule has 1 amide bonds. The van der Waals surface area contributed by atoms with E-state index < -0.39 is 0 Å². The van der Waals surface area contributed by atoms with Crippen molar-refractivity contribution in [3.05, 3.63) is 58.6 Å². The van der Waals surface area contributed by atoms with Crippen LogP contribution in [0.15, 0.2) is 42.5 Å². The van der Waals surface area contributed by atoms with E-state index >= 15 is 0 Å². The Bertz CT molecular complexity index is 828. The molecule has 0 radical (unpaired) electrons. The van der Waals surface area contributed by atoms with E-state index in [0.29, 0.717) is 6.04 Å². The summed E-state index contributed by atoms with van der Waals surface area (Å²) in [5.74, 6) is 0.0551. The molecule has 1 aliphatic rings. The standard InChI is InChI=1S/C18H18N2OS/c1-12-9-15-17(22-12)10-16(18(21)19-14-7-8-14)20(15)11-13-5-3-2-4-6-13/h2-6,9-10,14H,7-8,11H2,1H3,(H,19,21). The topological polar surface area (TPSA) is 34.0 Å². The Morgan fingerprint density at radius 1 is 1.27 bits per heavy atom. The van der Waals surface area contributed by atoms with Gasteiger partial charge in [-0.25, -0.2) is 0 Å². The van der Waals surface area contributed by atoms with Crippen LogP contribution in [0.25, 0.3) is 10.2 Å². The van der Waals surface area contributed by atoms with Gasteiger partial charge in [0.25, 0.3) is 5.91 Å². The van der Waals surface area contributed by atoms with E-state index in [-0.39, 0.29) is 5.91 Å². The lowest BCUT2D eigenvalue weighted by molar-refractivity contribution is 0.0942. The van der Waals surface area contributed by atoms with E-state index in [1.54, 1.807) is 11.3 Å². The van der Waals surface area contributed by atoms with Gasteiger partial charge in [-0.3, -0.25) is 4.79 Å². The Kier molecular flexibility index (Phi) is 3.26. The molecule has 1 aliphatic carbocycles. The smallest absolute Gasteiger partial charge is 0.268 e. The first-order valence-electron chi connectivity index (χ1n) is 7.65. The van der Waals surface area contributed by atoms with Crippen LogP contribution in [-0.4, -0.2) is 16.5 Å². The highest BCUT2D eigenvalue weighted by Crippen LogP contribution is 2.30. The van der Waals surface area contributed by atoms with Crippen molar-refractivity contribution in [2.75, 3.05) is 0 Å². The number of aryl methyl sites for hydroxylation is 1. The third kappa shape index (κ3) is 2.55. The number of carbonyl (C=O) groups excluding carboxylic acids is 1. The number of hydrogen-bond acceptors (Lipinski definition) is 2. The highest BCUT2D eigenvalue weighted by atomic mass is 32.1. The maximum atomic E-state index is 12.5. The third-order valence-corrected chi connectivity index (χ3v) is 5.03. The number of nitrogens with zero attached hydrogens (tertiary/aromatic N) is 1. The fourth-order valence-electron chi connectivity index (χ4n) is 2.78. The molecule has 0 unspecified atom stereocenters. The summed E-state index contributed by atoms with van der Waals surface area (Å²) in [6.45, 7) is 2.84. The van der Waals surface area contributed by atoms with Crippen molar-refractivity contribution >= 4 is 27.5 Å². The second-order valence-corrected chi connectivity index (χ2v) is 7.24. The molecule has 4 rings (SSSR count). The minimum atomic E-state index is 0.0551. The SMILES string of the molecule is Cc1cc2c(cc(C(=O)NC3CC3)n2Cc2ccccc2)s1. The summed E-state index contributed by atoms with van der Waals surface area (Å²) in [6, 6.07) is 14.9. The molecule has 0 aliphatic heterocycles. The van der Waals surface area contributed by atoms with Crippen molar-refractivity contribution in [2.45, 2.75) is 32.4 Å². The average molecular weight is 310 g/mol. The maximum absolute atomic E-state index is 12.5. The van der Waals surface area contributed by atoms with Crippen LogP contribution >= 0.6 is 11.3 Å². The molecule has 2 heterocycles. The molecule has 0 bridgehead atoms. The summed E-state index contributed by atoms with van der Waals surface area (Å²) in [5.41, 5.74) is 3.15. The van der Waals surface area contributed by atoms with Gasteiger partial charge in [-0.05, 0) is 37.5 Å². The second kappa shape index (κ2) is 5.29. The van der Waals surface area contributed by atoms with Gasteiger partial charge in [0.2, 0.25) is 0 Å². The fraction of sp³-hybridized carbons (Fsp3) is 0.278. The molecule has 4 heteroatoms. The largest absolute Gasteiger partial charge is 0.348 e. The molecule has 1 fully saturated rings. The van der Waals surface area contributed by atoms with E-state index in [1.807, 2.05) is 24.3 Å². The minimum Gasteiger partial charge on any atom is -0.348 e. The molecular weight excluding hydrogens is 292 g/mol. The number of nitrogens with one attached hydrogen (secondary N) is 1. The number of carbonyl (C=O) groups is 1. The first-order valence-corrected chi connectivity index (χ1v) is 8.47. The molecule has 3 aromatic rings. The summed E-state index contributed by atoms with van der Waals surface area (Å²) < 4.78 is 3.33. The number of aromatic nitrogens is 1. The van der Waals surface area contributed by atoms with Crippen LogP contribution in [0.3, 0.4) is 0 Å². The summed E-state index contributed by atoms with van der Waals surface area (Å²) in [6.07, 6.45) is 2.22. The van der Waals surface area contributed by atoms with Crippen molar-refractivity contribution in [3.63, 3.8) is 0 Å². The van der Waals surface area contributed by atoms with Crippen LogP contribution in [0.2, 0.25) is 0 Å². The zero-order valence-corrected chi connectivity index (χ0v) is 13.3. The molecule has 1 aromatic carbocycles. The van der Waals surface area contributed by atoms with Gasteiger partial charge in [0, 0.05) is 17.5 Å². The predicted molar refractivity (Wildman–Crippen MR) is 90.6 cm³/mol. The first-order chi connectivity index (χ1) is 10.7. The Hall–Kier alpha value is -2.07. The molecule has 0 saturated heterocycles. The first kappa shape index (κ1) is 13.6. The number of hydrogen-bond donors (Lipinski definition) is 1. The van der Waals surface area contributed by atoms with E-state index in [2.05, 4.69) is 35.0 Å². The summed E-state index contributed by atoms with van der Waals surface area (Å²) in [5, 5.41) is 3.11. The van der Waals surface area contributed by atoms with Crippen LogP contribution in [0.5, 0.6) is 0 Å². The highest BCUT2D eigenvalue weighted by molar-refractivity contribution is 7.19. The predicted octanol–water partition coefficient (Wildman–Crippen LogP) is 3.95. The van der Waals surface area contributed by atoms with E-state index in [1.165, 1.54) is 15.1 Å². The van der Waals surface area contributed by atoms with Crippen LogP contribution in [-0.2, 0) is 6.54 Å². The molecule has 3 nitrogen and oxygen atoms in total. The lowest BCUT2D eigenvalue weighted by atomic mass is 10.2.